The molecule has 0 aliphatic heterocycles. The zero-order valence-electron chi connectivity index (χ0n) is 11.7. The summed E-state index contributed by atoms with van der Waals surface area (Å²) in [6, 6.07) is 1.63. The molecule has 0 atom stereocenters. The maximum Gasteiger partial charge on any atom is 0.355 e. The van der Waals surface area contributed by atoms with E-state index in [2.05, 4.69) is 5.10 Å². The number of anilines is 1. The second-order valence-electron chi connectivity index (χ2n) is 4.55. The monoisotopic (exact) mass is 370 g/mol. The van der Waals surface area contributed by atoms with Gasteiger partial charge in [-0.1, -0.05) is 11.6 Å². The number of aryl methyl sites for hydroxylation is 1. The fraction of sp³-hybridized carbons (Fsp3) is 0.273. The van der Waals surface area contributed by atoms with Crippen LogP contribution < -0.4 is 10.4 Å². The van der Waals surface area contributed by atoms with Crippen LogP contribution in [0.4, 0.5) is 18.9 Å². The summed E-state index contributed by atoms with van der Waals surface area (Å²) in [4.78, 5) is 11.9. The van der Waals surface area contributed by atoms with Crippen molar-refractivity contribution in [1.29, 1.82) is 0 Å². The molecule has 0 aliphatic carbocycles. The molecule has 1 aromatic heterocycles. The van der Waals surface area contributed by atoms with Crippen molar-refractivity contribution in [2.24, 2.45) is 0 Å². The highest BCUT2D eigenvalue weighted by atomic mass is 35.5. The maximum absolute atomic E-state index is 14.0. The van der Waals surface area contributed by atoms with Crippen molar-refractivity contribution in [2.45, 2.75) is 13.5 Å². The summed E-state index contributed by atoms with van der Waals surface area (Å²) in [5.74, 6) is -1.37. The fourth-order valence-corrected chi connectivity index (χ4v) is 2.66. The molecule has 0 amide bonds. The largest absolute Gasteiger partial charge is 0.355 e. The van der Waals surface area contributed by atoms with Crippen LogP contribution >= 0.6 is 11.6 Å². The first-order chi connectivity index (χ1) is 10.5. The Kier molecular flexibility index (Phi) is 4.44. The molecule has 0 saturated carbocycles. The van der Waals surface area contributed by atoms with Crippen molar-refractivity contribution in [1.82, 2.24) is 14.3 Å². The Balaban J connectivity index is 2.68. The minimum absolute atomic E-state index is 0.0672. The maximum atomic E-state index is 14.0. The predicted octanol–water partition coefficient (Wildman–Crippen LogP) is 1.90. The molecule has 1 N–H and O–H groups in total. The van der Waals surface area contributed by atoms with E-state index in [0.29, 0.717) is 4.68 Å². The highest BCUT2D eigenvalue weighted by molar-refractivity contribution is 7.92. The van der Waals surface area contributed by atoms with Crippen LogP contribution in [0.5, 0.6) is 0 Å². The number of rotatable bonds is 4. The van der Waals surface area contributed by atoms with E-state index < -0.39 is 33.8 Å². The number of benzene rings is 1. The van der Waals surface area contributed by atoms with Crippen molar-refractivity contribution >= 4 is 27.3 Å². The number of aromatic nitrogens is 3. The van der Waals surface area contributed by atoms with Crippen molar-refractivity contribution in [3.63, 3.8) is 0 Å². The Hall–Kier alpha value is -2.01. The lowest BCUT2D eigenvalue weighted by molar-refractivity contribution is 0.0640. The third kappa shape index (κ3) is 3.50. The lowest BCUT2D eigenvalue weighted by atomic mass is 10.2. The van der Waals surface area contributed by atoms with E-state index in [-0.39, 0.29) is 21.1 Å². The Bertz CT molecular complexity index is 923. The molecule has 0 spiro atoms. The van der Waals surface area contributed by atoms with Crippen LogP contribution in [0.15, 0.2) is 16.9 Å². The third-order valence-corrected chi connectivity index (χ3v) is 3.64. The summed E-state index contributed by atoms with van der Waals surface area (Å²) >= 11 is 5.72. The van der Waals surface area contributed by atoms with Gasteiger partial charge in [0.15, 0.2) is 5.82 Å². The average molecular weight is 371 g/mol. The molecule has 0 saturated heterocycles. The van der Waals surface area contributed by atoms with Gasteiger partial charge in [0.05, 0.1) is 17.0 Å². The molecule has 1 heterocycles. The fourth-order valence-electron chi connectivity index (χ4n) is 1.84. The Labute approximate surface area is 133 Å². The van der Waals surface area contributed by atoms with Gasteiger partial charge in [-0.05, 0) is 19.1 Å². The van der Waals surface area contributed by atoms with E-state index in [0.717, 1.165) is 25.3 Å². The minimum atomic E-state index is -3.73. The summed E-state index contributed by atoms with van der Waals surface area (Å²) < 4.78 is 64.6. The minimum Gasteiger partial charge on any atom is -0.282 e. The number of nitrogens with zero attached hydrogens (tertiary/aromatic N) is 3. The Morgan fingerprint density at radius 1 is 1.35 bits per heavy atom. The highest BCUT2D eigenvalue weighted by Gasteiger charge is 2.21. The number of halogens is 4. The van der Waals surface area contributed by atoms with Gasteiger partial charge in [0.1, 0.15) is 11.5 Å². The van der Waals surface area contributed by atoms with Crippen molar-refractivity contribution in [3.8, 4) is 5.69 Å². The molecule has 0 unspecified atom stereocenters. The van der Waals surface area contributed by atoms with Gasteiger partial charge >= 0.3 is 12.2 Å². The quantitative estimate of drug-likeness (QED) is 0.890. The molecule has 23 heavy (non-hydrogen) atoms. The molecular weight excluding hydrogens is 361 g/mol. The van der Waals surface area contributed by atoms with Crippen LogP contribution in [0.1, 0.15) is 12.4 Å². The predicted molar refractivity (Wildman–Crippen MR) is 77.2 cm³/mol. The zero-order chi connectivity index (χ0) is 17.5. The van der Waals surface area contributed by atoms with Crippen molar-refractivity contribution in [3.05, 3.63) is 39.3 Å². The van der Waals surface area contributed by atoms with Crippen LogP contribution in [-0.4, -0.2) is 29.0 Å². The number of nitrogens with one attached hydrogen (secondary N) is 1. The standard InChI is InChI=1S/C11H10ClF3N4O3S/c1-5-16-19(11(20)18(5)10(14)15)9-4-8(17-23(2,21)22)6(12)3-7(9)13/h3-4,10,17H,1-2H3. The molecule has 0 bridgehead atoms. The van der Waals surface area contributed by atoms with Crippen LogP contribution in [0.2, 0.25) is 5.02 Å². The van der Waals surface area contributed by atoms with Gasteiger partial charge in [0.25, 0.3) is 0 Å². The number of hydrogen-bond acceptors (Lipinski definition) is 4. The summed E-state index contributed by atoms with van der Waals surface area (Å²) in [6.07, 6.45) is 0.841. The molecule has 126 valence electrons. The van der Waals surface area contributed by atoms with Gasteiger partial charge in [-0.25, -0.2) is 22.2 Å². The molecule has 1 aromatic carbocycles. The molecule has 0 aliphatic rings. The summed E-state index contributed by atoms with van der Waals surface area (Å²) in [5.41, 5.74) is -2.02. The number of sulfonamides is 1. The smallest absolute Gasteiger partial charge is 0.282 e. The SMILES string of the molecule is Cc1nn(-c2cc(NS(C)(=O)=O)c(Cl)cc2F)c(=O)n1C(F)F. The van der Waals surface area contributed by atoms with Gasteiger partial charge in [-0.2, -0.15) is 13.5 Å². The van der Waals surface area contributed by atoms with Gasteiger partial charge in [0.2, 0.25) is 10.0 Å². The van der Waals surface area contributed by atoms with E-state index >= 15 is 0 Å². The van der Waals surface area contributed by atoms with E-state index in [4.69, 9.17) is 11.6 Å². The van der Waals surface area contributed by atoms with Crippen molar-refractivity contribution in [2.75, 3.05) is 11.0 Å². The van der Waals surface area contributed by atoms with Crippen LogP contribution in [0.3, 0.4) is 0 Å². The number of alkyl halides is 2. The Morgan fingerprint density at radius 3 is 2.43 bits per heavy atom. The van der Waals surface area contributed by atoms with E-state index in [9.17, 15) is 26.4 Å². The van der Waals surface area contributed by atoms with Crippen LogP contribution in [0.25, 0.3) is 5.69 Å². The third-order valence-electron chi connectivity index (χ3n) is 2.74. The molecule has 2 aromatic rings. The molecule has 0 radical (unpaired) electrons. The first kappa shape index (κ1) is 17.3. The van der Waals surface area contributed by atoms with E-state index in [1.165, 1.54) is 0 Å². The van der Waals surface area contributed by atoms with Gasteiger partial charge < -0.3 is 0 Å². The topological polar surface area (TPSA) is 86.0 Å². The molecule has 0 fully saturated rings. The summed E-state index contributed by atoms with van der Waals surface area (Å²) in [7, 11) is -3.73. The normalized spacial score (nSPS) is 12.0. The van der Waals surface area contributed by atoms with Gasteiger partial charge in [-0.3, -0.25) is 4.72 Å². The second-order valence-corrected chi connectivity index (χ2v) is 6.70. The van der Waals surface area contributed by atoms with Crippen molar-refractivity contribution < 1.29 is 21.6 Å². The van der Waals surface area contributed by atoms with E-state index in [1.807, 2.05) is 4.72 Å². The summed E-state index contributed by atoms with van der Waals surface area (Å²) in [6.45, 7) is -2.01. The zero-order valence-corrected chi connectivity index (χ0v) is 13.3. The molecule has 7 nitrogen and oxygen atoms in total. The molecule has 12 heteroatoms. The number of hydrogen-bond donors (Lipinski definition) is 1. The highest BCUT2D eigenvalue weighted by Crippen LogP contribution is 2.27. The van der Waals surface area contributed by atoms with Crippen LogP contribution in [0, 0.1) is 12.7 Å². The first-order valence-electron chi connectivity index (χ1n) is 5.95. The first-order valence-corrected chi connectivity index (χ1v) is 8.21. The molecule has 2 rings (SSSR count). The average Bonchev–Trinajstić information content (AvgIpc) is 2.66. The van der Waals surface area contributed by atoms with E-state index in [1.54, 1.807) is 0 Å². The van der Waals surface area contributed by atoms with Crippen LogP contribution in [-0.2, 0) is 10.0 Å². The van der Waals surface area contributed by atoms with Gasteiger partial charge in [-0.15, -0.1) is 5.10 Å². The lowest BCUT2D eigenvalue weighted by Gasteiger charge is -2.09. The second kappa shape index (κ2) is 5.89. The lowest BCUT2D eigenvalue weighted by Crippen LogP contribution is -2.25. The Morgan fingerprint density at radius 2 is 1.96 bits per heavy atom. The summed E-state index contributed by atoms with van der Waals surface area (Å²) in [5, 5.41) is 3.29. The van der Waals surface area contributed by atoms with Gasteiger partial charge in [0, 0.05) is 0 Å². The molecular formula is C11H10ClF3N4O3S.